The molecule has 2 rings (SSSR count). The predicted octanol–water partition coefficient (Wildman–Crippen LogP) is 4.50. The number of alkyl halides is 2. The molecule has 4 nitrogen and oxygen atoms in total. The molecule has 1 aromatic carbocycles. The molecule has 0 saturated heterocycles. The van der Waals surface area contributed by atoms with Crippen LogP contribution in [-0.4, -0.2) is 16.4 Å². The summed E-state index contributed by atoms with van der Waals surface area (Å²) in [5, 5.41) is 7.29. The summed E-state index contributed by atoms with van der Waals surface area (Å²) in [4.78, 5) is 0. The van der Waals surface area contributed by atoms with Gasteiger partial charge in [-0.25, -0.2) is 0 Å². The SMILES string of the molecule is CC(Nc1cc(Cl)c(OC(F)F)c(Cl)c1)c1ccnn1C. The summed E-state index contributed by atoms with van der Waals surface area (Å²) in [6, 6.07) is 4.78. The average Bonchev–Trinajstić information content (AvgIpc) is 2.80. The molecule has 1 heterocycles. The van der Waals surface area contributed by atoms with Crippen LogP contribution in [0.3, 0.4) is 0 Å². The summed E-state index contributed by atoms with van der Waals surface area (Å²) < 4.78 is 30.5. The molecular weight excluding hydrogens is 323 g/mol. The highest BCUT2D eigenvalue weighted by atomic mass is 35.5. The number of aryl methyl sites for hydroxylation is 1. The first kappa shape index (κ1) is 15.9. The van der Waals surface area contributed by atoms with E-state index in [9.17, 15) is 8.78 Å². The lowest BCUT2D eigenvalue weighted by molar-refractivity contribution is -0.0497. The van der Waals surface area contributed by atoms with Gasteiger partial charge < -0.3 is 10.1 Å². The summed E-state index contributed by atoms with van der Waals surface area (Å²) in [5.41, 5.74) is 1.55. The lowest BCUT2D eigenvalue weighted by Gasteiger charge is -2.17. The Labute approximate surface area is 130 Å². The van der Waals surface area contributed by atoms with Crippen LogP contribution in [-0.2, 0) is 7.05 Å². The van der Waals surface area contributed by atoms with Gasteiger partial charge in [0, 0.05) is 18.9 Å². The Morgan fingerprint density at radius 3 is 2.38 bits per heavy atom. The maximum atomic E-state index is 12.3. The van der Waals surface area contributed by atoms with Gasteiger partial charge in [0.15, 0.2) is 5.75 Å². The summed E-state index contributed by atoms with van der Waals surface area (Å²) in [6.07, 6.45) is 1.69. The number of rotatable bonds is 5. The van der Waals surface area contributed by atoms with Gasteiger partial charge in [0.05, 0.1) is 21.8 Å². The standard InChI is InChI=1S/C13H13Cl2F2N3O/c1-7(11-3-4-18-20(11)2)19-8-5-9(14)12(10(15)6-8)21-13(16)17/h3-7,13,19H,1-2H3. The number of hydrogen-bond donors (Lipinski definition) is 1. The quantitative estimate of drug-likeness (QED) is 0.874. The zero-order valence-corrected chi connectivity index (χ0v) is 12.8. The molecule has 0 aliphatic carbocycles. The van der Waals surface area contributed by atoms with Crippen LogP contribution in [0, 0.1) is 0 Å². The molecule has 0 saturated carbocycles. The molecule has 2 aromatic rings. The van der Waals surface area contributed by atoms with E-state index in [4.69, 9.17) is 23.2 Å². The Balaban J connectivity index is 2.20. The van der Waals surface area contributed by atoms with Gasteiger partial charge in [0.2, 0.25) is 0 Å². The number of aromatic nitrogens is 2. The van der Waals surface area contributed by atoms with Crippen molar-refractivity contribution in [2.45, 2.75) is 19.6 Å². The fourth-order valence-electron chi connectivity index (χ4n) is 1.98. The topological polar surface area (TPSA) is 39.1 Å². The van der Waals surface area contributed by atoms with E-state index in [0.717, 1.165) is 5.69 Å². The molecule has 1 N–H and O–H groups in total. The van der Waals surface area contributed by atoms with Crippen LogP contribution in [0.5, 0.6) is 5.75 Å². The van der Waals surface area contributed by atoms with E-state index in [0.29, 0.717) is 5.69 Å². The Morgan fingerprint density at radius 1 is 1.29 bits per heavy atom. The zero-order valence-electron chi connectivity index (χ0n) is 11.3. The van der Waals surface area contributed by atoms with Crippen LogP contribution in [0.15, 0.2) is 24.4 Å². The Bertz CT molecular complexity index is 611. The van der Waals surface area contributed by atoms with Crippen molar-refractivity contribution in [2.24, 2.45) is 7.05 Å². The smallest absolute Gasteiger partial charge is 0.387 e. The van der Waals surface area contributed by atoms with Crippen LogP contribution in [0.25, 0.3) is 0 Å². The van der Waals surface area contributed by atoms with Crippen molar-refractivity contribution >= 4 is 28.9 Å². The molecule has 1 unspecified atom stereocenters. The number of halogens is 4. The molecule has 1 atom stereocenters. The van der Waals surface area contributed by atoms with E-state index in [-0.39, 0.29) is 21.8 Å². The van der Waals surface area contributed by atoms with E-state index in [1.54, 1.807) is 10.9 Å². The molecule has 0 aliphatic heterocycles. The molecule has 0 aliphatic rings. The van der Waals surface area contributed by atoms with Gasteiger partial charge in [-0.2, -0.15) is 13.9 Å². The largest absolute Gasteiger partial charge is 0.432 e. The van der Waals surface area contributed by atoms with Crippen molar-refractivity contribution in [3.63, 3.8) is 0 Å². The number of hydrogen-bond acceptors (Lipinski definition) is 3. The first-order chi connectivity index (χ1) is 9.88. The highest BCUT2D eigenvalue weighted by Crippen LogP contribution is 2.37. The fourth-order valence-corrected chi connectivity index (χ4v) is 2.55. The molecule has 0 fully saturated rings. The van der Waals surface area contributed by atoms with E-state index in [1.165, 1.54) is 12.1 Å². The maximum absolute atomic E-state index is 12.3. The van der Waals surface area contributed by atoms with Crippen molar-refractivity contribution in [2.75, 3.05) is 5.32 Å². The minimum absolute atomic E-state index is 0.0162. The van der Waals surface area contributed by atoms with Gasteiger partial charge in [0.25, 0.3) is 0 Å². The van der Waals surface area contributed by atoms with Gasteiger partial charge in [0.1, 0.15) is 0 Å². The minimum atomic E-state index is -2.98. The van der Waals surface area contributed by atoms with Crippen molar-refractivity contribution in [3.8, 4) is 5.75 Å². The number of nitrogens with one attached hydrogen (secondary N) is 1. The second-order valence-corrected chi connectivity index (χ2v) is 5.21. The first-order valence-corrected chi connectivity index (χ1v) is 6.82. The summed E-state index contributed by atoms with van der Waals surface area (Å²) in [7, 11) is 1.83. The fraction of sp³-hybridized carbons (Fsp3) is 0.308. The molecular formula is C13H13Cl2F2N3O. The van der Waals surface area contributed by atoms with Crippen LogP contribution in [0.1, 0.15) is 18.7 Å². The van der Waals surface area contributed by atoms with Gasteiger partial charge in [-0.15, -0.1) is 0 Å². The average molecular weight is 336 g/mol. The number of benzene rings is 1. The molecule has 0 amide bonds. The normalized spacial score (nSPS) is 12.5. The van der Waals surface area contributed by atoms with Crippen molar-refractivity contribution in [1.29, 1.82) is 0 Å². The third-order valence-corrected chi connectivity index (χ3v) is 3.45. The summed E-state index contributed by atoms with van der Waals surface area (Å²) >= 11 is 11.8. The molecule has 0 radical (unpaired) electrons. The summed E-state index contributed by atoms with van der Waals surface area (Å²) in [5.74, 6) is -0.230. The van der Waals surface area contributed by atoms with Crippen LogP contribution >= 0.6 is 23.2 Å². The highest BCUT2D eigenvalue weighted by Gasteiger charge is 2.16. The van der Waals surface area contributed by atoms with Crippen LogP contribution in [0.4, 0.5) is 14.5 Å². The molecule has 114 valence electrons. The molecule has 0 spiro atoms. The molecule has 21 heavy (non-hydrogen) atoms. The van der Waals surface area contributed by atoms with Crippen molar-refractivity contribution in [3.05, 3.63) is 40.1 Å². The number of anilines is 1. The van der Waals surface area contributed by atoms with Gasteiger partial charge in [-0.05, 0) is 25.1 Å². The predicted molar refractivity (Wildman–Crippen MR) is 78.3 cm³/mol. The van der Waals surface area contributed by atoms with Crippen molar-refractivity contribution < 1.29 is 13.5 Å². The zero-order chi connectivity index (χ0) is 15.6. The minimum Gasteiger partial charge on any atom is -0.432 e. The lowest BCUT2D eigenvalue weighted by Crippen LogP contribution is -2.11. The van der Waals surface area contributed by atoms with Crippen LogP contribution < -0.4 is 10.1 Å². The van der Waals surface area contributed by atoms with Gasteiger partial charge in [-0.3, -0.25) is 4.68 Å². The second-order valence-electron chi connectivity index (χ2n) is 4.39. The molecule has 1 aromatic heterocycles. The van der Waals surface area contributed by atoms with E-state index in [2.05, 4.69) is 15.2 Å². The summed E-state index contributed by atoms with van der Waals surface area (Å²) in [6.45, 7) is -1.05. The van der Waals surface area contributed by atoms with Gasteiger partial charge in [-0.1, -0.05) is 23.2 Å². The molecule has 0 bridgehead atoms. The van der Waals surface area contributed by atoms with Crippen LogP contribution in [0.2, 0.25) is 10.0 Å². The first-order valence-electron chi connectivity index (χ1n) is 6.06. The van der Waals surface area contributed by atoms with Gasteiger partial charge >= 0.3 is 6.61 Å². The Hall–Kier alpha value is -1.53. The maximum Gasteiger partial charge on any atom is 0.387 e. The third kappa shape index (κ3) is 3.77. The van der Waals surface area contributed by atoms with Crippen molar-refractivity contribution in [1.82, 2.24) is 9.78 Å². The van der Waals surface area contributed by atoms with E-state index < -0.39 is 6.61 Å². The highest BCUT2D eigenvalue weighted by molar-refractivity contribution is 6.37. The lowest BCUT2D eigenvalue weighted by atomic mass is 10.2. The second kappa shape index (κ2) is 6.49. The number of nitrogens with zero attached hydrogens (tertiary/aromatic N) is 2. The Kier molecular flexibility index (Phi) is 4.90. The van der Waals surface area contributed by atoms with E-state index >= 15 is 0 Å². The monoisotopic (exact) mass is 335 g/mol. The molecule has 8 heteroatoms. The third-order valence-electron chi connectivity index (χ3n) is 2.89. The Morgan fingerprint density at radius 2 is 1.90 bits per heavy atom. The number of ether oxygens (including phenoxy) is 1. The van der Waals surface area contributed by atoms with E-state index in [1.807, 2.05) is 20.0 Å².